The summed E-state index contributed by atoms with van der Waals surface area (Å²) in [4.78, 5) is 12.0. The van der Waals surface area contributed by atoms with Crippen LogP contribution in [0, 0.1) is 11.6 Å². The van der Waals surface area contributed by atoms with Crippen LogP contribution >= 0.6 is 0 Å². The first-order valence-electron chi connectivity index (χ1n) is 6.12. The van der Waals surface area contributed by atoms with Crippen molar-refractivity contribution >= 4 is 5.91 Å². The molecule has 1 heterocycles. The second-order valence-electron chi connectivity index (χ2n) is 4.68. The molecule has 1 saturated heterocycles. The standard InChI is InChI=1S/C13H16F2N2O2/c14-9-1-2-11(15)10(7-9)12(18)17-13(8-16)3-5-19-6-4-13/h1-2,7H,3-6,8,16H2,(H,17,18). The van der Waals surface area contributed by atoms with E-state index in [9.17, 15) is 13.6 Å². The molecule has 1 amide bonds. The van der Waals surface area contributed by atoms with Gasteiger partial charge in [-0.05, 0) is 31.0 Å². The second kappa shape index (κ2) is 5.63. The van der Waals surface area contributed by atoms with Gasteiger partial charge in [-0.3, -0.25) is 4.79 Å². The largest absolute Gasteiger partial charge is 0.381 e. The quantitative estimate of drug-likeness (QED) is 0.867. The fraction of sp³-hybridized carbons (Fsp3) is 0.462. The van der Waals surface area contributed by atoms with E-state index >= 15 is 0 Å². The highest BCUT2D eigenvalue weighted by Crippen LogP contribution is 2.20. The molecule has 0 bridgehead atoms. The summed E-state index contributed by atoms with van der Waals surface area (Å²) < 4.78 is 31.8. The van der Waals surface area contributed by atoms with E-state index in [-0.39, 0.29) is 12.1 Å². The van der Waals surface area contributed by atoms with E-state index in [1.165, 1.54) is 0 Å². The summed E-state index contributed by atoms with van der Waals surface area (Å²) in [6.45, 7) is 1.21. The van der Waals surface area contributed by atoms with Crippen LogP contribution in [-0.2, 0) is 4.74 Å². The first-order chi connectivity index (χ1) is 9.06. The molecular weight excluding hydrogens is 254 g/mol. The third kappa shape index (κ3) is 3.08. The summed E-state index contributed by atoms with van der Waals surface area (Å²) in [7, 11) is 0. The van der Waals surface area contributed by atoms with E-state index < -0.39 is 23.1 Å². The van der Waals surface area contributed by atoms with Gasteiger partial charge in [0, 0.05) is 19.8 Å². The second-order valence-corrected chi connectivity index (χ2v) is 4.68. The van der Waals surface area contributed by atoms with Crippen molar-refractivity contribution in [2.75, 3.05) is 19.8 Å². The smallest absolute Gasteiger partial charge is 0.254 e. The van der Waals surface area contributed by atoms with E-state index in [0.717, 1.165) is 18.2 Å². The van der Waals surface area contributed by atoms with Gasteiger partial charge in [-0.25, -0.2) is 8.78 Å². The molecule has 104 valence electrons. The highest BCUT2D eigenvalue weighted by atomic mass is 19.1. The molecule has 1 aliphatic heterocycles. The number of halogens is 2. The molecule has 1 aromatic rings. The van der Waals surface area contributed by atoms with Crippen LogP contribution in [0.5, 0.6) is 0 Å². The van der Waals surface area contributed by atoms with Crippen molar-refractivity contribution in [2.45, 2.75) is 18.4 Å². The molecule has 6 heteroatoms. The number of rotatable bonds is 3. The molecule has 1 fully saturated rings. The molecule has 0 aliphatic carbocycles. The molecule has 0 radical (unpaired) electrons. The number of carbonyl (C=O) groups excluding carboxylic acids is 1. The molecule has 0 atom stereocenters. The molecule has 1 aliphatic rings. The molecule has 1 aromatic carbocycles. The van der Waals surface area contributed by atoms with Gasteiger partial charge in [0.25, 0.3) is 5.91 Å². The molecule has 0 aromatic heterocycles. The van der Waals surface area contributed by atoms with Gasteiger partial charge >= 0.3 is 0 Å². The van der Waals surface area contributed by atoms with Crippen molar-refractivity contribution < 1.29 is 18.3 Å². The van der Waals surface area contributed by atoms with Crippen LogP contribution < -0.4 is 11.1 Å². The van der Waals surface area contributed by atoms with Gasteiger partial charge in [0.15, 0.2) is 0 Å². The number of benzene rings is 1. The fourth-order valence-corrected chi connectivity index (χ4v) is 2.12. The normalized spacial score (nSPS) is 18.1. The Labute approximate surface area is 109 Å². The lowest BCUT2D eigenvalue weighted by atomic mass is 9.89. The van der Waals surface area contributed by atoms with Gasteiger partial charge in [0.1, 0.15) is 11.6 Å². The lowest BCUT2D eigenvalue weighted by Crippen LogP contribution is -2.56. The summed E-state index contributed by atoms with van der Waals surface area (Å²) in [5.74, 6) is -2.05. The minimum absolute atomic E-state index is 0.235. The van der Waals surface area contributed by atoms with Gasteiger partial charge in [-0.15, -0.1) is 0 Å². The topological polar surface area (TPSA) is 64.3 Å². The number of nitrogens with two attached hydrogens (primary N) is 1. The van der Waals surface area contributed by atoms with Gasteiger partial charge < -0.3 is 15.8 Å². The van der Waals surface area contributed by atoms with E-state index in [1.807, 2.05) is 0 Å². The number of hydrogen-bond acceptors (Lipinski definition) is 3. The molecule has 3 N–H and O–H groups in total. The van der Waals surface area contributed by atoms with Crippen LogP contribution in [-0.4, -0.2) is 31.2 Å². The summed E-state index contributed by atoms with van der Waals surface area (Å²) in [6.07, 6.45) is 1.12. The van der Waals surface area contributed by atoms with Crippen LogP contribution in [0.3, 0.4) is 0 Å². The van der Waals surface area contributed by atoms with Crippen LogP contribution in [0.1, 0.15) is 23.2 Å². The molecule has 2 rings (SSSR count). The Balaban J connectivity index is 2.17. The van der Waals surface area contributed by atoms with E-state index in [2.05, 4.69) is 5.32 Å². The average Bonchev–Trinajstić information content (AvgIpc) is 2.42. The molecule has 0 spiro atoms. The molecular formula is C13H16F2N2O2. The van der Waals surface area contributed by atoms with Gasteiger partial charge in [-0.2, -0.15) is 0 Å². The van der Waals surface area contributed by atoms with Crippen LogP contribution in [0.4, 0.5) is 8.78 Å². The Morgan fingerprint density at radius 3 is 2.68 bits per heavy atom. The minimum Gasteiger partial charge on any atom is -0.381 e. The summed E-state index contributed by atoms with van der Waals surface area (Å²) in [5.41, 5.74) is 4.79. The highest BCUT2D eigenvalue weighted by Gasteiger charge is 2.33. The first kappa shape index (κ1) is 13.9. The van der Waals surface area contributed by atoms with Crippen LogP contribution in [0.2, 0.25) is 0 Å². The predicted molar refractivity (Wildman–Crippen MR) is 65.7 cm³/mol. The number of amides is 1. The number of carbonyl (C=O) groups is 1. The molecule has 0 saturated carbocycles. The summed E-state index contributed by atoms with van der Waals surface area (Å²) >= 11 is 0. The lowest BCUT2D eigenvalue weighted by molar-refractivity contribution is 0.0387. The Morgan fingerprint density at radius 2 is 2.05 bits per heavy atom. The third-order valence-electron chi connectivity index (χ3n) is 3.39. The molecule has 4 nitrogen and oxygen atoms in total. The Morgan fingerprint density at radius 1 is 1.37 bits per heavy atom. The Hall–Kier alpha value is -1.53. The van der Waals surface area contributed by atoms with Crippen molar-refractivity contribution in [3.05, 3.63) is 35.4 Å². The zero-order chi connectivity index (χ0) is 13.9. The highest BCUT2D eigenvalue weighted by molar-refractivity contribution is 5.95. The molecule has 0 unspecified atom stereocenters. The van der Waals surface area contributed by atoms with E-state index in [1.54, 1.807) is 0 Å². The maximum atomic E-state index is 13.5. The van der Waals surface area contributed by atoms with Crippen LogP contribution in [0.25, 0.3) is 0 Å². The monoisotopic (exact) mass is 270 g/mol. The number of hydrogen-bond donors (Lipinski definition) is 2. The van der Waals surface area contributed by atoms with E-state index in [0.29, 0.717) is 26.1 Å². The first-order valence-corrected chi connectivity index (χ1v) is 6.12. The Bertz CT molecular complexity index is 474. The van der Waals surface area contributed by atoms with Crippen molar-refractivity contribution in [3.63, 3.8) is 0 Å². The Kier molecular flexibility index (Phi) is 4.11. The van der Waals surface area contributed by atoms with Gasteiger partial charge in [-0.1, -0.05) is 0 Å². The SMILES string of the molecule is NCC1(NC(=O)c2cc(F)ccc2F)CCOCC1. The number of ether oxygens (including phenoxy) is 1. The minimum atomic E-state index is -0.752. The fourth-order valence-electron chi connectivity index (χ4n) is 2.12. The predicted octanol–water partition coefficient (Wildman–Crippen LogP) is 1.20. The summed E-state index contributed by atoms with van der Waals surface area (Å²) in [5, 5.41) is 2.72. The van der Waals surface area contributed by atoms with Crippen molar-refractivity contribution in [1.82, 2.24) is 5.32 Å². The van der Waals surface area contributed by atoms with Crippen molar-refractivity contribution in [1.29, 1.82) is 0 Å². The average molecular weight is 270 g/mol. The maximum absolute atomic E-state index is 13.5. The number of nitrogens with one attached hydrogen (secondary N) is 1. The van der Waals surface area contributed by atoms with E-state index in [4.69, 9.17) is 10.5 Å². The third-order valence-corrected chi connectivity index (χ3v) is 3.39. The van der Waals surface area contributed by atoms with Gasteiger partial charge in [0.05, 0.1) is 11.1 Å². The van der Waals surface area contributed by atoms with Crippen LogP contribution in [0.15, 0.2) is 18.2 Å². The van der Waals surface area contributed by atoms with Crippen molar-refractivity contribution in [3.8, 4) is 0 Å². The lowest BCUT2D eigenvalue weighted by Gasteiger charge is -2.36. The zero-order valence-electron chi connectivity index (χ0n) is 10.4. The maximum Gasteiger partial charge on any atom is 0.254 e. The van der Waals surface area contributed by atoms with Crippen molar-refractivity contribution in [2.24, 2.45) is 5.73 Å². The molecule has 19 heavy (non-hydrogen) atoms. The summed E-state index contributed by atoms with van der Waals surface area (Å²) in [6, 6.07) is 2.79. The van der Waals surface area contributed by atoms with Gasteiger partial charge in [0.2, 0.25) is 0 Å². The zero-order valence-corrected chi connectivity index (χ0v) is 10.4.